The summed E-state index contributed by atoms with van der Waals surface area (Å²) in [5, 5.41) is 1.97. The summed E-state index contributed by atoms with van der Waals surface area (Å²) in [7, 11) is 0. The number of halogens is 2. The second-order valence-electron chi connectivity index (χ2n) is 21.9. The van der Waals surface area contributed by atoms with Crippen molar-refractivity contribution in [2.24, 2.45) is 0 Å². The van der Waals surface area contributed by atoms with Crippen molar-refractivity contribution < 1.29 is 46.7 Å². The molecule has 404 valence electrons. The van der Waals surface area contributed by atoms with Crippen LogP contribution in [-0.4, -0.2) is 20.1 Å². The first-order valence-corrected chi connectivity index (χ1v) is 29.8. The van der Waals surface area contributed by atoms with E-state index in [9.17, 15) is 0 Å². The predicted molar refractivity (Wildman–Crippen MR) is 338 cm³/mol. The van der Waals surface area contributed by atoms with E-state index < -0.39 is 25.1 Å². The zero-order valence-corrected chi connectivity index (χ0v) is 46.4. The van der Waals surface area contributed by atoms with Gasteiger partial charge in [-0.3, -0.25) is 0 Å². The minimum Gasteiger partial charge on any atom is -0.458 e. The third kappa shape index (κ3) is 7.11. The van der Waals surface area contributed by atoms with E-state index >= 15 is 8.78 Å². The predicted octanol–water partition coefficient (Wildman–Crippen LogP) is 13.6. The lowest BCUT2D eigenvalue weighted by atomic mass is 9.31. The van der Waals surface area contributed by atoms with Gasteiger partial charge < -0.3 is 42.8 Å². The molecule has 0 bridgehead atoms. The fraction of sp³-hybridized carbons (Fsp3) is 0. The lowest BCUT2D eigenvalue weighted by Gasteiger charge is -2.41. The Morgan fingerprint density at radius 2 is 0.733 bits per heavy atom. The van der Waals surface area contributed by atoms with Crippen LogP contribution in [0, 0.1) is 11.6 Å². The number of para-hydroxylation sites is 4. The molecule has 19 rings (SSSR count). The summed E-state index contributed by atoms with van der Waals surface area (Å²) in [5.74, 6) is 7.84. The molecule has 0 radical (unpaired) electrons. The van der Waals surface area contributed by atoms with Crippen molar-refractivity contribution >= 4 is 128 Å². The quantitative estimate of drug-likeness (QED) is 0.145. The fourth-order valence-electron chi connectivity index (χ4n) is 13.5. The van der Waals surface area contributed by atoms with Crippen LogP contribution in [-0.2, 0) is 0 Å². The first-order valence-electron chi connectivity index (χ1n) is 28.1. The van der Waals surface area contributed by atoms with Gasteiger partial charge in [-0.1, -0.05) is 97.1 Å². The van der Waals surface area contributed by atoms with Gasteiger partial charge in [-0.05, 0) is 100 Å². The Balaban J connectivity index is 0.854. The maximum Gasteiger partial charge on any atom is 0.273 e. The minimum absolute atomic E-state index is 0.260. The molecule has 86 heavy (non-hydrogen) atoms. The Morgan fingerprint density at radius 1 is 0.326 bits per heavy atom. The number of hydrogen-bond donors (Lipinski definition) is 0. The summed E-state index contributed by atoms with van der Waals surface area (Å²) < 4.78 is 93.3. The standard InChI is InChI=1S/C70H36B3F2NO8S2/c74-49-23-14-24-50(75)66(49)76-51-35-53-46(33-45(51)72-63-52(76)27-40(77-37-15-4-1-5-16-37)28-56(63)83-67-43-21-10-12-25-61(43)85-69(67)72)71-47-34-48-55(36-54(47)81-58-30-41(29-57(80-53)64(58)71)78-38-17-6-2-7-18-38)82-59-31-42(79-39-19-8-3-9-20-39)32-60-65(59)73(48)70-68(84-60)44-22-11-13-26-62(44)86-70/h1-36H. The molecule has 2 aromatic heterocycles. The summed E-state index contributed by atoms with van der Waals surface area (Å²) in [4.78, 5) is 1.67. The summed E-state index contributed by atoms with van der Waals surface area (Å²) in [5.41, 5.74) is 6.61. The Morgan fingerprint density at radius 3 is 1.26 bits per heavy atom. The van der Waals surface area contributed by atoms with E-state index in [4.69, 9.17) is 37.9 Å². The van der Waals surface area contributed by atoms with Crippen molar-refractivity contribution in [3.05, 3.63) is 230 Å². The molecule has 0 saturated heterocycles. The average molecular weight is 1150 g/mol. The van der Waals surface area contributed by atoms with Gasteiger partial charge in [0.1, 0.15) is 109 Å². The molecule has 8 heterocycles. The van der Waals surface area contributed by atoms with Crippen LogP contribution in [0.5, 0.6) is 92.0 Å². The number of fused-ring (bicyclic) bond motifs is 16. The molecular formula is C70H36B3F2NO8S2. The van der Waals surface area contributed by atoms with E-state index in [0.29, 0.717) is 97.6 Å². The van der Waals surface area contributed by atoms with Gasteiger partial charge in [-0.25, -0.2) is 8.78 Å². The van der Waals surface area contributed by atoms with E-state index in [1.807, 2.05) is 158 Å². The molecule has 0 fully saturated rings. The Kier molecular flexibility index (Phi) is 10.1. The maximum atomic E-state index is 17.0. The zero-order valence-electron chi connectivity index (χ0n) is 44.8. The van der Waals surface area contributed by atoms with Gasteiger partial charge in [0.25, 0.3) is 20.1 Å². The van der Waals surface area contributed by atoms with Crippen molar-refractivity contribution in [1.82, 2.24) is 0 Å². The van der Waals surface area contributed by atoms with Crippen LogP contribution in [0.3, 0.4) is 0 Å². The van der Waals surface area contributed by atoms with Gasteiger partial charge in [-0.15, -0.1) is 22.7 Å². The fourth-order valence-corrected chi connectivity index (χ4v) is 16.0. The van der Waals surface area contributed by atoms with Gasteiger partial charge >= 0.3 is 0 Å². The second-order valence-corrected chi connectivity index (χ2v) is 24.1. The minimum atomic E-state index is -0.752. The monoisotopic (exact) mass is 1150 g/mol. The third-order valence-electron chi connectivity index (χ3n) is 17.0. The summed E-state index contributed by atoms with van der Waals surface area (Å²) in [6.45, 7) is -1.30. The van der Waals surface area contributed by atoms with E-state index in [0.717, 1.165) is 73.7 Å². The van der Waals surface area contributed by atoms with Crippen molar-refractivity contribution in [2.75, 3.05) is 4.90 Å². The SMILES string of the molecule is Fc1cccc(F)c1N1c2cc3c(cc2B2c4sc5ccccc5c4Oc4cc(Oc5ccccc5)cc1c42)B1c2cc4c(cc2Oc2cc(Oc5ccccc5)cc(c21)O3)Oc1cc(Oc2ccccc2)cc2c1B4c1sc3ccccc3c1O2. The smallest absolute Gasteiger partial charge is 0.273 e. The molecule has 0 amide bonds. The molecule has 11 aromatic carbocycles. The molecule has 0 unspecified atom stereocenters. The average Bonchev–Trinajstić information content (AvgIpc) is 1.34. The van der Waals surface area contributed by atoms with Gasteiger partial charge in [0.2, 0.25) is 0 Å². The van der Waals surface area contributed by atoms with E-state index in [1.165, 1.54) is 18.2 Å². The molecule has 0 atom stereocenters. The number of thiophene rings is 2. The van der Waals surface area contributed by atoms with Crippen LogP contribution < -0.4 is 90.6 Å². The highest BCUT2D eigenvalue weighted by Gasteiger charge is 2.50. The molecule has 6 aliphatic heterocycles. The van der Waals surface area contributed by atoms with Crippen LogP contribution in [0.1, 0.15) is 0 Å². The van der Waals surface area contributed by atoms with Gasteiger partial charge in [0.05, 0.1) is 0 Å². The van der Waals surface area contributed by atoms with Crippen LogP contribution >= 0.6 is 22.7 Å². The first kappa shape index (κ1) is 48.0. The normalized spacial score (nSPS) is 13.6. The van der Waals surface area contributed by atoms with Crippen LogP contribution in [0.15, 0.2) is 218 Å². The number of rotatable bonds is 7. The largest absolute Gasteiger partial charge is 0.458 e. The Labute approximate surface area is 498 Å². The maximum absolute atomic E-state index is 17.0. The Hall–Kier alpha value is -10.4. The Bertz CT molecular complexity index is 5090. The molecule has 9 nitrogen and oxygen atoms in total. The molecule has 6 aliphatic rings. The first-order chi connectivity index (χ1) is 42.4. The molecule has 0 aliphatic carbocycles. The molecule has 0 saturated carbocycles. The zero-order chi connectivity index (χ0) is 56.5. The molecular weight excluding hydrogens is 1120 g/mol. The van der Waals surface area contributed by atoms with Crippen molar-refractivity contribution in [3.8, 4) is 92.0 Å². The van der Waals surface area contributed by atoms with Crippen molar-refractivity contribution in [2.45, 2.75) is 0 Å². The van der Waals surface area contributed by atoms with Crippen LogP contribution in [0.4, 0.5) is 25.8 Å². The highest BCUT2D eigenvalue weighted by atomic mass is 32.1. The number of ether oxygens (including phenoxy) is 8. The third-order valence-corrected chi connectivity index (χ3v) is 19.4. The number of hydrogen-bond acceptors (Lipinski definition) is 11. The van der Waals surface area contributed by atoms with Crippen LogP contribution in [0.2, 0.25) is 0 Å². The molecule has 13 aromatic rings. The van der Waals surface area contributed by atoms with Crippen LogP contribution in [0.25, 0.3) is 20.2 Å². The molecule has 0 N–H and O–H groups in total. The van der Waals surface area contributed by atoms with E-state index in [1.54, 1.807) is 27.6 Å². The van der Waals surface area contributed by atoms with E-state index in [-0.39, 0.29) is 12.4 Å². The highest BCUT2D eigenvalue weighted by Crippen LogP contribution is 2.50. The topological polar surface area (TPSA) is 77.1 Å². The van der Waals surface area contributed by atoms with E-state index in [2.05, 4.69) is 42.5 Å². The van der Waals surface area contributed by atoms with Crippen molar-refractivity contribution in [3.63, 3.8) is 0 Å². The van der Waals surface area contributed by atoms with Crippen molar-refractivity contribution in [1.29, 1.82) is 0 Å². The second kappa shape index (κ2) is 18.1. The lowest BCUT2D eigenvalue weighted by molar-refractivity contribution is 0.436. The van der Waals surface area contributed by atoms with Gasteiger partial charge in [-0.2, -0.15) is 0 Å². The molecule has 16 heteroatoms. The summed E-state index contributed by atoms with van der Waals surface area (Å²) in [6.07, 6.45) is 0. The lowest BCUT2D eigenvalue weighted by Crippen LogP contribution is -2.63. The number of nitrogens with zero attached hydrogens (tertiary/aromatic N) is 1. The highest BCUT2D eigenvalue weighted by molar-refractivity contribution is 7.34. The number of anilines is 3. The van der Waals surface area contributed by atoms with Gasteiger partial charge in [0.15, 0.2) is 0 Å². The number of benzene rings is 11. The molecule has 0 spiro atoms. The van der Waals surface area contributed by atoms with Gasteiger partial charge in [0, 0.05) is 101 Å². The summed E-state index contributed by atoms with van der Waals surface area (Å²) in [6, 6.07) is 68.9. The summed E-state index contributed by atoms with van der Waals surface area (Å²) >= 11 is 3.36.